The lowest BCUT2D eigenvalue weighted by molar-refractivity contribution is -0.122. The van der Waals surface area contributed by atoms with Crippen LogP contribution in [-0.4, -0.2) is 11.8 Å². The fourth-order valence-electron chi connectivity index (χ4n) is 2.98. The molecule has 130 valence electrons. The van der Waals surface area contributed by atoms with Crippen LogP contribution in [0.25, 0.3) is 10.8 Å². The Balaban J connectivity index is 1.43. The average molecular weight is 344 g/mol. The molecule has 0 radical (unpaired) electrons. The van der Waals surface area contributed by atoms with E-state index >= 15 is 0 Å². The van der Waals surface area contributed by atoms with Gasteiger partial charge in [0.05, 0.1) is 0 Å². The normalized spacial score (nSPS) is 13.4. The molecule has 2 N–H and O–H groups in total. The van der Waals surface area contributed by atoms with Gasteiger partial charge >= 0.3 is 0 Å². The Labute approximate surface area is 152 Å². The molecule has 0 heterocycles. The molecule has 0 aromatic heterocycles. The van der Waals surface area contributed by atoms with Gasteiger partial charge in [-0.2, -0.15) is 0 Å². The molecule has 0 unspecified atom stereocenters. The van der Waals surface area contributed by atoms with Gasteiger partial charge in [0.15, 0.2) is 0 Å². The van der Waals surface area contributed by atoms with E-state index in [9.17, 15) is 9.59 Å². The predicted octanol–water partition coefficient (Wildman–Crippen LogP) is 4.12. The van der Waals surface area contributed by atoms with Crippen LogP contribution in [0, 0.1) is 5.92 Å². The van der Waals surface area contributed by atoms with Crippen molar-refractivity contribution in [2.45, 2.75) is 19.4 Å². The van der Waals surface area contributed by atoms with Crippen LogP contribution >= 0.6 is 0 Å². The lowest BCUT2D eigenvalue weighted by Crippen LogP contribution is -2.24. The van der Waals surface area contributed by atoms with E-state index in [-0.39, 0.29) is 17.7 Å². The molecule has 1 aliphatic rings. The second-order valence-corrected chi connectivity index (χ2v) is 6.67. The smallest absolute Gasteiger partial charge is 0.255 e. The van der Waals surface area contributed by atoms with Gasteiger partial charge < -0.3 is 10.6 Å². The Hall–Kier alpha value is -3.14. The first-order valence-corrected chi connectivity index (χ1v) is 8.86. The van der Waals surface area contributed by atoms with Crippen molar-refractivity contribution < 1.29 is 9.59 Å². The molecule has 0 saturated heterocycles. The van der Waals surface area contributed by atoms with Crippen molar-refractivity contribution >= 4 is 28.3 Å². The van der Waals surface area contributed by atoms with E-state index in [2.05, 4.69) is 10.6 Å². The molecule has 2 amide bonds. The minimum absolute atomic E-state index is 0.128. The van der Waals surface area contributed by atoms with Crippen LogP contribution in [0.5, 0.6) is 0 Å². The molecule has 3 aromatic carbocycles. The van der Waals surface area contributed by atoms with Gasteiger partial charge in [-0.25, -0.2) is 0 Å². The van der Waals surface area contributed by atoms with Crippen molar-refractivity contribution in [2.75, 3.05) is 5.32 Å². The molecule has 4 nitrogen and oxygen atoms in total. The van der Waals surface area contributed by atoms with Crippen molar-refractivity contribution in [1.29, 1.82) is 0 Å². The number of benzene rings is 3. The molecular weight excluding hydrogens is 324 g/mol. The van der Waals surface area contributed by atoms with Crippen molar-refractivity contribution in [1.82, 2.24) is 5.32 Å². The second-order valence-electron chi connectivity index (χ2n) is 6.67. The summed E-state index contributed by atoms with van der Waals surface area (Å²) in [7, 11) is 0. The van der Waals surface area contributed by atoms with Crippen LogP contribution in [0.1, 0.15) is 28.8 Å². The van der Waals surface area contributed by atoms with Gasteiger partial charge in [-0.3, -0.25) is 9.59 Å². The highest BCUT2D eigenvalue weighted by Crippen LogP contribution is 2.28. The van der Waals surface area contributed by atoms with E-state index in [1.54, 1.807) is 12.1 Å². The molecule has 4 heteroatoms. The SMILES string of the molecule is O=C(Nc1cccc2ccccc12)c1ccc(CNC(=O)C2CC2)cc1. The fourth-order valence-corrected chi connectivity index (χ4v) is 2.98. The predicted molar refractivity (Wildman–Crippen MR) is 103 cm³/mol. The number of fused-ring (bicyclic) bond motifs is 1. The van der Waals surface area contributed by atoms with Gasteiger partial charge in [-0.1, -0.05) is 48.5 Å². The van der Waals surface area contributed by atoms with Crippen LogP contribution in [0.15, 0.2) is 66.7 Å². The Morgan fingerprint density at radius 3 is 2.38 bits per heavy atom. The van der Waals surface area contributed by atoms with E-state index in [1.165, 1.54) is 0 Å². The van der Waals surface area contributed by atoms with Crippen LogP contribution in [0.2, 0.25) is 0 Å². The molecule has 1 fully saturated rings. The summed E-state index contributed by atoms with van der Waals surface area (Å²) in [5.74, 6) is 0.193. The minimum atomic E-state index is -0.144. The quantitative estimate of drug-likeness (QED) is 0.731. The van der Waals surface area contributed by atoms with Gasteiger partial charge in [0.25, 0.3) is 5.91 Å². The van der Waals surface area contributed by atoms with E-state index in [0.29, 0.717) is 12.1 Å². The topological polar surface area (TPSA) is 58.2 Å². The Morgan fingerprint density at radius 2 is 1.62 bits per heavy atom. The number of hydrogen-bond acceptors (Lipinski definition) is 2. The maximum Gasteiger partial charge on any atom is 0.255 e. The largest absolute Gasteiger partial charge is 0.352 e. The third kappa shape index (κ3) is 3.59. The summed E-state index contributed by atoms with van der Waals surface area (Å²) in [5.41, 5.74) is 2.38. The first-order chi connectivity index (χ1) is 12.7. The zero-order valence-corrected chi connectivity index (χ0v) is 14.4. The number of rotatable bonds is 5. The highest BCUT2D eigenvalue weighted by Gasteiger charge is 2.29. The molecule has 3 aromatic rings. The molecule has 0 spiro atoms. The standard InChI is InChI=1S/C22H20N2O2/c25-21(17-12-13-17)23-14-15-8-10-18(11-9-15)22(26)24-20-7-3-5-16-4-1-2-6-19(16)20/h1-11,17H,12-14H2,(H,23,25)(H,24,26). The van der Waals surface area contributed by atoms with E-state index in [4.69, 9.17) is 0 Å². The van der Waals surface area contributed by atoms with Gasteiger partial charge in [0.1, 0.15) is 0 Å². The van der Waals surface area contributed by atoms with E-state index < -0.39 is 0 Å². The summed E-state index contributed by atoms with van der Waals surface area (Å²) in [6.45, 7) is 0.501. The first-order valence-electron chi connectivity index (χ1n) is 8.86. The number of carbonyl (C=O) groups excluding carboxylic acids is 2. The van der Waals surface area contributed by atoms with Gasteiger partial charge in [-0.05, 0) is 42.0 Å². The first kappa shape index (κ1) is 16.3. The summed E-state index contributed by atoms with van der Waals surface area (Å²) in [6.07, 6.45) is 2.00. The van der Waals surface area contributed by atoms with E-state index in [1.807, 2.05) is 54.6 Å². The highest BCUT2D eigenvalue weighted by atomic mass is 16.2. The zero-order valence-electron chi connectivity index (χ0n) is 14.4. The second kappa shape index (κ2) is 7.00. The number of anilines is 1. The molecule has 0 atom stereocenters. The maximum atomic E-state index is 12.6. The van der Waals surface area contributed by atoms with Crippen LogP contribution in [-0.2, 0) is 11.3 Å². The Morgan fingerprint density at radius 1 is 0.885 bits per heavy atom. The monoisotopic (exact) mass is 344 g/mol. The van der Waals surface area contributed by atoms with E-state index in [0.717, 1.165) is 34.9 Å². The molecule has 1 saturated carbocycles. The van der Waals surface area contributed by atoms with Crippen molar-refractivity contribution in [3.8, 4) is 0 Å². The van der Waals surface area contributed by atoms with Crippen molar-refractivity contribution in [3.05, 3.63) is 77.9 Å². The molecule has 0 bridgehead atoms. The Kier molecular flexibility index (Phi) is 4.40. The molecule has 0 aliphatic heterocycles. The maximum absolute atomic E-state index is 12.6. The third-order valence-electron chi connectivity index (χ3n) is 4.67. The van der Waals surface area contributed by atoms with Crippen LogP contribution in [0.4, 0.5) is 5.69 Å². The molecule has 26 heavy (non-hydrogen) atoms. The van der Waals surface area contributed by atoms with Crippen LogP contribution < -0.4 is 10.6 Å². The summed E-state index contributed by atoms with van der Waals surface area (Å²) in [4.78, 5) is 24.2. The molecular formula is C22H20N2O2. The number of carbonyl (C=O) groups is 2. The lowest BCUT2D eigenvalue weighted by Gasteiger charge is -2.09. The lowest BCUT2D eigenvalue weighted by atomic mass is 10.1. The number of hydrogen-bond donors (Lipinski definition) is 2. The summed E-state index contributed by atoms with van der Waals surface area (Å²) in [6, 6.07) is 21.2. The van der Waals surface area contributed by atoms with Gasteiger partial charge in [0.2, 0.25) is 5.91 Å². The minimum Gasteiger partial charge on any atom is -0.352 e. The fraction of sp³-hybridized carbons (Fsp3) is 0.182. The number of amides is 2. The molecule has 4 rings (SSSR count). The highest BCUT2D eigenvalue weighted by molar-refractivity contribution is 6.09. The van der Waals surface area contributed by atoms with Gasteiger partial charge in [-0.15, -0.1) is 0 Å². The third-order valence-corrected chi connectivity index (χ3v) is 4.67. The summed E-state index contributed by atoms with van der Waals surface area (Å²) >= 11 is 0. The van der Waals surface area contributed by atoms with Crippen LogP contribution in [0.3, 0.4) is 0 Å². The van der Waals surface area contributed by atoms with Crippen molar-refractivity contribution in [3.63, 3.8) is 0 Å². The van der Waals surface area contributed by atoms with Crippen molar-refractivity contribution in [2.24, 2.45) is 5.92 Å². The van der Waals surface area contributed by atoms with Gasteiger partial charge in [0, 0.05) is 29.1 Å². The zero-order chi connectivity index (χ0) is 17.9. The average Bonchev–Trinajstić information content (AvgIpc) is 3.52. The summed E-state index contributed by atoms with van der Waals surface area (Å²) < 4.78 is 0. The number of nitrogens with one attached hydrogen (secondary N) is 2. The Bertz CT molecular complexity index is 954. The molecule has 1 aliphatic carbocycles. The summed E-state index contributed by atoms with van der Waals surface area (Å²) in [5, 5.41) is 8.02.